The molecule has 4 rings (SSSR count). The minimum absolute atomic E-state index is 0.181. The number of hydrogen-bond acceptors (Lipinski definition) is 5. The monoisotopic (exact) mass is 392 g/mol. The molecule has 0 saturated carbocycles. The van der Waals surface area contributed by atoms with E-state index >= 15 is 0 Å². The summed E-state index contributed by atoms with van der Waals surface area (Å²) < 4.78 is 38.8. The Bertz CT molecular complexity index is 966. The Morgan fingerprint density at radius 2 is 1.85 bits per heavy atom. The van der Waals surface area contributed by atoms with E-state index in [0.717, 1.165) is 5.82 Å². The fourth-order valence-electron chi connectivity index (χ4n) is 3.04. The van der Waals surface area contributed by atoms with Gasteiger partial charge in [-0.15, -0.1) is 11.3 Å². The number of fused-ring (bicyclic) bond motifs is 1. The van der Waals surface area contributed by atoms with Gasteiger partial charge in [0.05, 0.1) is 10.2 Å². The predicted molar refractivity (Wildman–Crippen MR) is 97.0 cm³/mol. The van der Waals surface area contributed by atoms with Crippen molar-refractivity contribution in [1.29, 1.82) is 0 Å². The smallest absolute Gasteiger partial charge is 0.353 e. The van der Waals surface area contributed by atoms with Gasteiger partial charge in [-0.1, -0.05) is 6.07 Å². The first kappa shape index (κ1) is 17.7. The number of piperazine rings is 1. The number of amides is 1. The number of nitrogens with zero attached hydrogens (tertiary/aromatic N) is 4. The summed E-state index contributed by atoms with van der Waals surface area (Å²) in [6.45, 7) is 2.38. The molecule has 1 fully saturated rings. The number of aromatic nitrogens is 2. The molecule has 0 N–H and O–H groups in total. The van der Waals surface area contributed by atoms with Crippen LogP contribution in [0.15, 0.2) is 42.6 Å². The molecule has 1 aliphatic heterocycles. The Hall–Kier alpha value is -2.68. The third kappa shape index (κ3) is 3.59. The van der Waals surface area contributed by atoms with Gasteiger partial charge in [-0.2, -0.15) is 13.2 Å². The molecule has 9 heteroatoms. The van der Waals surface area contributed by atoms with Crippen molar-refractivity contribution in [2.45, 2.75) is 6.18 Å². The summed E-state index contributed by atoms with van der Waals surface area (Å²) in [5.74, 6) is 0.690. The number of benzene rings is 1. The second-order valence-corrected chi connectivity index (χ2v) is 7.20. The maximum Gasteiger partial charge on any atom is 0.443 e. The molecule has 2 aromatic heterocycles. The van der Waals surface area contributed by atoms with Crippen LogP contribution in [-0.4, -0.2) is 47.0 Å². The minimum Gasteiger partial charge on any atom is -0.353 e. The molecule has 27 heavy (non-hydrogen) atoms. The van der Waals surface area contributed by atoms with Gasteiger partial charge in [-0.05, 0) is 30.3 Å². The van der Waals surface area contributed by atoms with Crippen molar-refractivity contribution in [2.24, 2.45) is 0 Å². The quantitative estimate of drug-likeness (QED) is 0.668. The molecule has 0 bridgehead atoms. The van der Waals surface area contributed by atoms with Gasteiger partial charge >= 0.3 is 6.18 Å². The molecule has 1 saturated heterocycles. The standard InChI is InChI=1S/C18H15F3N4OS/c19-18(20,21)17-23-13-5-4-12(11-14(13)27-17)16(26)25-9-7-24(8-10-25)15-3-1-2-6-22-15/h1-6,11H,7-10H2. The largest absolute Gasteiger partial charge is 0.443 e. The summed E-state index contributed by atoms with van der Waals surface area (Å²) >= 11 is 0.557. The van der Waals surface area contributed by atoms with Crippen LogP contribution in [0.3, 0.4) is 0 Å². The molecule has 0 radical (unpaired) electrons. The van der Waals surface area contributed by atoms with Gasteiger partial charge in [0, 0.05) is 37.9 Å². The lowest BCUT2D eigenvalue weighted by Crippen LogP contribution is -2.49. The van der Waals surface area contributed by atoms with Crippen molar-refractivity contribution in [3.63, 3.8) is 0 Å². The normalized spacial score (nSPS) is 15.4. The summed E-state index contributed by atoms with van der Waals surface area (Å²) in [6, 6.07) is 10.2. The average Bonchev–Trinajstić information content (AvgIpc) is 3.12. The molecule has 140 valence electrons. The van der Waals surface area contributed by atoms with Crippen LogP contribution in [0.25, 0.3) is 10.2 Å². The highest BCUT2D eigenvalue weighted by Gasteiger charge is 2.35. The van der Waals surface area contributed by atoms with Crippen LogP contribution in [0.4, 0.5) is 19.0 Å². The Morgan fingerprint density at radius 3 is 2.52 bits per heavy atom. The van der Waals surface area contributed by atoms with E-state index in [4.69, 9.17) is 0 Å². The molecule has 3 heterocycles. The maximum atomic E-state index is 12.8. The molecule has 0 atom stereocenters. The highest BCUT2D eigenvalue weighted by atomic mass is 32.1. The zero-order chi connectivity index (χ0) is 19.0. The highest BCUT2D eigenvalue weighted by Crippen LogP contribution is 2.35. The van der Waals surface area contributed by atoms with Crippen LogP contribution in [0.1, 0.15) is 15.4 Å². The topological polar surface area (TPSA) is 49.3 Å². The number of carbonyl (C=O) groups is 1. The van der Waals surface area contributed by atoms with Crippen molar-refractivity contribution in [3.8, 4) is 0 Å². The van der Waals surface area contributed by atoms with Gasteiger partial charge in [0.1, 0.15) is 5.82 Å². The average molecular weight is 392 g/mol. The molecule has 1 aliphatic rings. The van der Waals surface area contributed by atoms with E-state index in [9.17, 15) is 18.0 Å². The summed E-state index contributed by atoms with van der Waals surface area (Å²) in [5.41, 5.74) is 0.634. The lowest BCUT2D eigenvalue weighted by atomic mass is 10.1. The van der Waals surface area contributed by atoms with E-state index in [1.807, 2.05) is 18.2 Å². The number of carbonyl (C=O) groups excluding carboxylic acids is 1. The van der Waals surface area contributed by atoms with E-state index in [1.165, 1.54) is 18.2 Å². The van der Waals surface area contributed by atoms with Crippen molar-refractivity contribution in [3.05, 3.63) is 53.2 Å². The Labute approximate surface area is 157 Å². The minimum atomic E-state index is -4.48. The zero-order valence-electron chi connectivity index (χ0n) is 14.1. The molecule has 0 spiro atoms. The van der Waals surface area contributed by atoms with Crippen molar-refractivity contribution >= 4 is 33.3 Å². The van der Waals surface area contributed by atoms with Crippen LogP contribution in [0.5, 0.6) is 0 Å². The number of anilines is 1. The van der Waals surface area contributed by atoms with Gasteiger partial charge in [-0.25, -0.2) is 9.97 Å². The Morgan fingerprint density at radius 1 is 1.07 bits per heavy atom. The van der Waals surface area contributed by atoms with Crippen molar-refractivity contribution in [1.82, 2.24) is 14.9 Å². The van der Waals surface area contributed by atoms with E-state index in [-0.39, 0.29) is 11.4 Å². The molecule has 3 aromatic rings. The molecule has 5 nitrogen and oxygen atoms in total. The fraction of sp³-hybridized carbons (Fsp3) is 0.278. The van der Waals surface area contributed by atoms with E-state index in [0.29, 0.717) is 47.8 Å². The van der Waals surface area contributed by atoms with Crippen molar-refractivity contribution < 1.29 is 18.0 Å². The third-order valence-electron chi connectivity index (χ3n) is 4.42. The van der Waals surface area contributed by atoms with E-state index < -0.39 is 11.2 Å². The maximum absolute atomic E-state index is 12.8. The molecule has 0 aliphatic carbocycles. The van der Waals surface area contributed by atoms with Gasteiger partial charge in [0.15, 0.2) is 5.01 Å². The van der Waals surface area contributed by atoms with Crippen LogP contribution < -0.4 is 4.90 Å². The summed E-state index contributed by atoms with van der Waals surface area (Å²) in [6.07, 6.45) is -2.75. The van der Waals surface area contributed by atoms with E-state index in [1.54, 1.807) is 11.1 Å². The van der Waals surface area contributed by atoms with E-state index in [2.05, 4.69) is 14.9 Å². The van der Waals surface area contributed by atoms with Crippen molar-refractivity contribution in [2.75, 3.05) is 31.1 Å². The molecular weight excluding hydrogens is 377 g/mol. The molecular formula is C18H15F3N4OS. The second kappa shape index (κ2) is 6.80. The number of pyridine rings is 1. The van der Waals surface area contributed by atoms with Gasteiger partial charge in [0.2, 0.25) is 0 Å². The van der Waals surface area contributed by atoms with Crippen LogP contribution in [0, 0.1) is 0 Å². The number of hydrogen-bond donors (Lipinski definition) is 0. The second-order valence-electron chi connectivity index (χ2n) is 6.17. The van der Waals surface area contributed by atoms with Gasteiger partial charge in [0.25, 0.3) is 5.91 Å². The fourth-order valence-corrected chi connectivity index (χ4v) is 3.91. The number of alkyl halides is 3. The van der Waals surface area contributed by atoms with Crippen LogP contribution >= 0.6 is 11.3 Å². The highest BCUT2D eigenvalue weighted by molar-refractivity contribution is 7.18. The number of rotatable bonds is 2. The SMILES string of the molecule is O=C(c1ccc2nc(C(F)(F)F)sc2c1)N1CCN(c2ccccn2)CC1. The summed E-state index contributed by atoms with van der Waals surface area (Å²) in [4.78, 5) is 24.5. The van der Waals surface area contributed by atoms with Crippen LogP contribution in [0.2, 0.25) is 0 Å². The van der Waals surface area contributed by atoms with Gasteiger partial charge in [-0.3, -0.25) is 4.79 Å². The Balaban J connectivity index is 1.48. The Kier molecular flexibility index (Phi) is 4.47. The van der Waals surface area contributed by atoms with Gasteiger partial charge < -0.3 is 9.80 Å². The first-order valence-corrected chi connectivity index (χ1v) is 9.16. The lowest BCUT2D eigenvalue weighted by Gasteiger charge is -2.35. The lowest BCUT2D eigenvalue weighted by molar-refractivity contribution is -0.137. The zero-order valence-corrected chi connectivity index (χ0v) is 14.9. The number of thiazole rings is 1. The summed E-state index contributed by atoms with van der Waals surface area (Å²) in [5, 5.41) is -0.897. The molecule has 0 unspecified atom stereocenters. The van der Waals surface area contributed by atoms with Crippen LogP contribution in [-0.2, 0) is 6.18 Å². The number of halogens is 3. The third-order valence-corrected chi connectivity index (χ3v) is 5.48. The predicted octanol–water partition coefficient (Wildman–Crippen LogP) is 3.67. The first-order chi connectivity index (χ1) is 12.9. The summed E-state index contributed by atoms with van der Waals surface area (Å²) in [7, 11) is 0. The molecule has 1 amide bonds. The molecule has 1 aromatic carbocycles. The first-order valence-electron chi connectivity index (χ1n) is 8.35.